The highest BCUT2D eigenvalue weighted by atomic mass is 32.2. The van der Waals surface area contributed by atoms with Crippen molar-refractivity contribution in [3.05, 3.63) is 90.9 Å². The van der Waals surface area contributed by atoms with Gasteiger partial charge in [-0.25, -0.2) is 8.42 Å². The summed E-state index contributed by atoms with van der Waals surface area (Å²) >= 11 is 0. The number of pyridine rings is 1. The normalized spacial score (nSPS) is 23.3. The average molecular weight is 494 g/mol. The Morgan fingerprint density at radius 1 is 1.17 bits per heavy atom. The van der Waals surface area contributed by atoms with Gasteiger partial charge in [-0.15, -0.1) is 0 Å². The van der Waals surface area contributed by atoms with Crippen molar-refractivity contribution >= 4 is 27.0 Å². The second kappa shape index (κ2) is 10.6. The Labute approximate surface area is 206 Å². The van der Waals surface area contributed by atoms with Crippen LogP contribution in [0.1, 0.15) is 5.56 Å². The predicted molar refractivity (Wildman–Crippen MR) is 139 cm³/mol. The number of nitrogens with zero attached hydrogens (tertiary/aromatic N) is 3. The van der Waals surface area contributed by atoms with Gasteiger partial charge in [0.15, 0.2) is 14.7 Å². The van der Waals surface area contributed by atoms with Gasteiger partial charge in [-0.3, -0.25) is 9.78 Å². The molecular formula is C26H31N5O3S. The number of likely N-dealkylation sites (N-methyl/N-ethyl adjacent to an activating group) is 1. The molecule has 1 aliphatic heterocycles. The van der Waals surface area contributed by atoms with Crippen LogP contribution < -0.4 is 11.1 Å². The maximum atomic E-state index is 13.5. The van der Waals surface area contributed by atoms with Crippen LogP contribution in [-0.4, -0.2) is 73.0 Å². The van der Waals surface area contributed by atoms with Crippen LogP contribution in [0, 0.1) is 5.92 Å². The number of allylic oxidation sites excluding steroid dienone is 2. The number of amides is 1. The lowest BCUT2D eigenvalue weighted by Gasteiger charge is -2.35. The minimum absolute atomic E-state index is 0.272. The fraction of sp³-hybridized carbons (Fsp3) is 0.308. The molecule has 2 aliphatic rings. The van der Waals surface area contributed by atoms with Crippen molar-refractivity contribution in [1.82, 2.24) is 14.8 Å². The Morgan fingerprint density at radius 2 is 1.91 bits per heavy atom. The van der Waals surface area contributed by atoms with Crippen molar-refractivity contribution in [3.63, 3.8) is 0 Å². The zero-order valence-corrected chi connectivity index (χ0v) is 20.6. The molecule has 8 nitrogen and oxygen atoms in total. The van der Waals surface area contributed by atoms with Gasteiger partial charge in [0, 0.05) is 32.4 Å². The molecule has 1 saturated heterocycles. The minimum atomic E-state index is -3.94. The van der Waals surface area contributed by atoms with Gasteiger partial charge in [0.1, 0.15) is 0 Å². The van der Waals surface area contributed by atoms with Crippen LogP contribution in [0.3, 0.4) is 0 Å². The molecule has 0 bridgehead atoms. The molecule has 1 aromatic carbocycles. The third kappa shape index (κ3) is 5.70. The Bertz CT molecular complexity index is 1220. The van der Waals surface area contributed by atoms with E-state index in [1.807, 2.05) is 36.5 Å². The largest absolute Gasteiger partial charge is 0.375 e. The van der Waals surface area contributed by atoms with Crippen LogP contribution in [0.25, 0.3) is 5.57 Å². The molecule has 0 spiro atoms. The highest BCUT2D eigenvalue weighted by Crippen LogP contribution is 2.35. The number of nitrogens with two attached hydrogens (primary N) is 1. The number of aromatic nitrogens is 1. The van der Waals surface area contributed by atoms with Gasteiger partial charge in [-0.05, 0) is 42.6 Å². The molecule has 0 radical (unpaired) electrons. The van der Waals surface area contributed by atoms with Crippen LogP contribution in [0.5, 0.6) is 0 Å². The molecule has 2 unspecified atom stereocenters. The van der Waals surface area contributed by atoms with Crippen molar-refractivity contribution in [2.75, 3.05) is 44.3 Å². The molecule has 3 N–H and O–H groups in total. The number of benzene rings is 1. The maximum absolute atomic E-state index is 13.5. The first kappa shape index (κ1) is 24.8. The Balaban J connectivity index is 1.60. The number of nitrogens with one attached hydrogen (secondary N) is 1. The van der Waals surface area contributed by atoms with E-state index in [9.17, 15) is 13.2 Å². The summed E-state index contributed by atoms with van der Waals surface area (Å²) in [5.41, 5.74) is 8.64. The molecular weight excluding hydrogens is 462 g/mol. The van der Waals surface area contributed by atoms with E-state index in [1.54, 1.807) is 36.6 Å². The average Bonchev–Trinajstić information content (AvgIpc) is 2.86. The summed E-state index contributed by atoms with van der Waals surface area (Å²) < 4.78 is 27.1. The van der Waals surface area contributed by atoms with E-state index < -0.39 is 26.5 Å². The SMILES string of the molecule is CN1CCN(C=CCS(=O)(=O)C2(N)C=CC(c3ccccc3)=CC2C(=O)Nc2cccnc2)CC1. The third-order valence-electron chi connectivity index (χ3n) is 6.38. The summed E-state index contributed by atoms with van der Waals surface area (Å²) in [5.74, 6) is -1.92. The topological polar surface area (TPSA) is 109 Å². The summed E-state index contributed by atoms with van der Waals surface area (Å²) in [5, 5.41) is 2.77. The molecule has 0 saturated carbocycles. The quantitative estimate of drug-likeness (QED) is 0.608. The molecule has 1 aromatic heterocycles. The number of hydrogen-bond acceptors (Lipinski definition) is 7. The van der Waals surface area contributed by atoms with Gasteiger partial charge in [-0.1, -0.05) is 48.6 Å². The summed E-state index contributed by atoms with van der Waals surface area (Å²) in [6.07, 6.45) is 11.3. The van der Waals surface area contributed by atoms with E-state index >= 15 is 0 Å². The number of carbonyl (C=O) groups is 1. The standard InChI is InChI=1S/C26H31N5O3S/c1-30-14-16-31(17-15-30)13-6-18-35(33,34)26(27)11-10-22(21-7-3-2-4-8-21)19-24(26)25(32)29-23-9-5-12-28-20-23/h2-13,19-20,24H,14-18,27H2,1H3,(H,29,32). The molecule has 35 heavy (non-hydrogen) atoms. The number of rotatable bonds is 7. The second-order valence-corrected chi connectivity index (χ2v) is 11.2. The van der Waals surface area contributed by atoms with Crippen LogP contribution in [0.4, 0.5) is 5.69 Å². The monoisotopic (exact) mass is 493 g/mol. The van der Waals surface area contributed by atoms with E-state index in [4.69, 9.17) is 5.73 Å². The van der Waals surface area contributed by atoms with Crippen LogP contribution in [-0.2, 0) is 14.6 Å². The predicted octanol–water partition coefficient (Wildman–Crippen LogP) is 2.12. The van der Waals surface area contributed by atoms with E-state index in [0.717, 1.165) is 37.3 Å². The first-order valence-electron chi connectivity index (χ1n) is 11.6. The number of piperazine rings is 1. The highest BCUT2D eigenvalue weighted by molar-refractivity contribution is 7.93. The second-order valence-electron chi connectivity index (χ2n) is 8.89. The number of sulfone groups is 1. The Hall–Kier alpha value is -3.27. The molecule has 9 heteroatoms. The van der Waals surface area contributed by atoms with E-state index in [2.05, 4.69) is 27.1 Å². The molecule has 1 amide bonds. The van der Waals surface area contributed by atoms with Crippen molar-refractivity contribution < 1.29 is 13.2 Å². The molecule has 184 valence electrons. The highest BCUT2D eigenvalue weighted by Gasteiger charge is 2.48. The zero-order valence-electron chi connectivity index (χ0n) is 19.7. The van der Waals surface area contributed by atoms with E-state index in [1.165, 1.54) is 12.3 Å². The van der Waals surface area contributed by atoms with E-state index in [-0.39, 0.29) is 5.75 Å². The smallest absolute Gasteiger partial charge is 0.234 e. The van der Waals surface area contributed by atoms with Crippen LogP contribution in [0.2, 0.25) is 0 Å². The maximum Gasteiger partial charge on any atom is 0.234 e. The number of anilines is 1. The molecule has 2 atom stereocenters. The first-order chi connectivity index (χ1) is 16.8. The van der Waals surface area contributed by atoms with Crippen molar-refractivity contribution in [2.45, 2.75) is 4.87 Å². The molecule has 4 rings (SSSR count). The first-order valence-corrected chi connectivity index (χ1v) is 13.2. The van der Waals surface area contributed by atoms with Gasteiger partial charge < -0.3 is 20.9 Å². The minimum Gasteiger partial charge on any atom is -0.375 e. The van der Waals surface area contributed by atoms with Gasteiger partial charge in [0.05, 0.1) is 23.6 Å². The lowest BCUT2D eigenvalue weighted by atomic mass is 9.87. The summed E-state index contributed by atoms with van der Waals surface area (Å²) in [6.45, 7) is 3.51. The molecule has 1 aliphatic carbocycles. The Morgan fingerprint density at radius 3 is 2.60 bits per heavy atom. The summed E-state index contributed by atoms with van der Waals surface area (Å²) in [6, 6.07) is 12.9. The lowest BCUT2D eigenvalue weighted by Crippen LogP contribution is -2.57. The number of carbonyl (C=O) groups excluding carboxylic acids is 1. The van der Waals surface area contributed by atoms with Gasteiger partial charge in [-0.2, -0.15) is 0 Å². The van der Waals surface area contributed by atoms with Gasteiger partial charge >= 0.3 is 0 Å². The van der Waals surface area contributed by atoms with Crippen molar-refractivity contribution in [1.29, 1.82) is 0 Å². The molecule has 2 heterocycles. The lowest BCUT2D eigenvalue weighted by molar-refractivity contribution is -0.119. The van der Waals surface area contributed by atoms with Gasteiger partial charge in [0.2, 0.25) is 5.91 Å². The fourth-order valence-electron chi connectivity index (χ4n) is 4.18. The third-order valence-corrected chi connectivity index (χ3v) is 8.48. The molecule has 1 fully saturated rings. The zero-order chi connectivity index (χ0) is 24.9. The van der Waals surface area contributed by atoms with Gasteiger partial charge in [0.25, 0.3) is 0 Å². The molecule has 2 aromatic rings. The van der Waals surface area contributed by atoms with Crippen molar-refractivity contribution in [3.8, 4) is 0 Å². The summed E-state index contributed by atoms with van der Waals surface area (Å²) in [7, 11) is -1.88. The Kier molecular flexibility index (Phi) is 7.49. The number of hydrogen-bond donors (Lipinski definition) is 2. The van der Waals surface area contributed by atoms with E-state index in [0.29, 0.717) is 5.69 Å². The van der Waals surface area contributed by atoms with Crippen molar-refractivity contribution in [2.24, 2.45) is 11.7 Å². The fourth-order valence-corrected chi connectivity index (χ4v) is 5.65. The van der Waals surface area contributed by atoms with Crippen LogP contribution in [0.15, 0.2) is 85.4 Å². The summed E-state index contributed by atoms with van der Waals surface area (Å²) in [4.78, 5) is 19.8. The van der Waals surface area contributed by atoms with Crippen LogP contribution >= 0.6 is 0 Å².